The number of thiophene rings is 1. The van der Waals surface area contributed by atoms with Crippen molar-refractivity contribution in [2.75, 3.05) is 0 Å². The van der Waals surface area contributed by atoms with Gasteiger partial charge in [-0.25, -0.2) is 4.39 Å². The highest BCUT2D eigenvalue weighted by atomic mass is 32.1. The summed E-state index contributed by atoms with van der Waals surface area (Å²) in [6, 6.07) is 4.67. The summed E-state index contributed by atoms with van der Waals surface area (Å²) in [5.41, 5.74) is 0.847. The minimum Gasteiger partial charge on any atom is -0.392 e. The maximum atomic E-state index is 12.9. The summed E-state index contributed by atoms with van der Waals surface area (Å²) < 4.78 is 13.9. The van der Waals surface area contributed by atoms with Crippen molar-refractivity contribution >= 4 is 21.4 Å². The second kappa shape index (κ2) is 3.09. The number of aryl methyl sites for hydroxylation is 1. The van der Waals surface area contributed by atoms with Gasteiger partial charge >= 0.3 is 0 Å². The Bertz CT molecular complexity index is 447. The van der Waals surface area contributed by atoms with Gasteiger partial charge in [-0.1, -0.05) is 0 Å². The molecule has 0 aliphatic heterocycles. The van der Waals surface area contributed by atoms with Crippen molar-refractivity contribution in [1.82, 2.24) is 0 Å². The summed E-state index contributed by atoms with van der Waals surface area (Å²) >= 11 is 1.59. The average molecular weight is 196 g/mol. The van der Waals surface area contributed by atoms with E-state index in [0.29, 0.717) is 0 Å². The fourth-order valence-corrected chi connectivity index (χ4v) is 2.50. The fraction of sp³-hybridized carbons (Fsp3) is 0.200. The lowest BCUT2D eigenvalue weighted by atomic mass is 10.1. The van der Waals surface area contributed by atoms with Gasteiger partial charge in [-0.15, -0.1) is 11.3 Å². The van der Waals surface area contributed by atoms with E-state index in [2.05, 4.69) is 0 Å². The van der Waals surface area contributed by atoms with Crippen molar-refractivity contribution < 1.29 is 9.50 Å². The standard InChI is InChI=1S/C10H9FOS/c1-6-9(5-12)8-4-7(11)2-3-10(8)13-6/h2-4,12H,5H2,1H3. The lowest BCUT2D eigenvalue weighted by molar-refractivity contribution is 0.283. The van der Waals surface area contributed by atoms with Crippen LogP contribution in [0.1, 0.15) is 10.4 Å². The number of hydrogen-bond donors (Lipinski definition) is 1. The third-order valence-electron chi connectivity index (χ3n) is 2.11. The van der Waals surface area contributed by atoms with E-state index in [-0.39, 0.29) is 12.4 Å². The van der Waals surface area contributed by atoms with Crippen LogP contribution in [0.5, 0.6) is 0 Å². The van der Waals surface area contributed by atoms with E-state index in [0.717, 1.165) is 20.5 Å². The number of aliphatic hydroxyl groups is 1. The van der Waals surface area contributed by atoms with Crippen molar-refractivity contribution in [2.45, 2.75) is 13.5 Å². The highest BCUT2D eigenvalue weighted by Gasteiger charge is 2.08. The molecule has 1 aromatic heterocycles. The average Bonchev–Trinajstić information content (AvgIpc) is 2.40. The monoisotopic (exact) mass is 196 g/mol. The molecule has 1 heterocycles. The minimum absolute atomic E-state index is 0.0186. The van der Waals surface area contributed by atoms with Gasteiger partial charge in [0.2, 0.25) is 0 Å². The summed E-state index contributed by atoms with van der Waals surface area (Å²) in [4.78, 5) is 1.06. The zero-order chi connectivity index (χ0) is 9.42. The third-order valence-corrected chi connectivity index (χ3v) is 3.24. The minimum atomic E-state index is -0.250. The van der Waals surface area contributed by atoms with E-state index in [4.69, 9.17) is 5.11 Å². The van der Waals surface area contributed by atoms with Crippen LogP contribution in [-0.4, -0.2) is 5.11 Å². The molecule has 0 aliphatic carbocycles. The van der Waals surface area contributed by atoms with Crippen LogP contribution in [0, 0.1) is 12.7 Å². The van der Waals surface area contributed by atoms with Gasteiger partial charge in [-0.3, -0.25) is 0 Å². The molecule has 1 N–H and O–H groups in total. The van der Waals surface area contributed by atoms with Crippen LogP contribution in [0.25, 0.3) is 10.1 Å². The SMILES string of the molecule is Cc1sc2ccc(F)cc2c1CO. The molecule has 0 bridgehead atoms. The van der Waals surface area contributed by atoms with Crippen LogP contribution >= 0.6 is 11.3 Å². The summed E-state index contributed by atoms with van der Waals surface area (Å²) in [5.74, 6) is -0.250. The predicted molar refractivity (Wildman–Crippen MR) is 52.4 cm³/mol. The lowest BCUT2D eigenvalue weighted by Crippen LogP contribution is -1.82. The molecule has 0 unspecified atom stereocenters. The smallest absolute Gasteiger partial charge is 0.123 e. The van der Waals surface area contributed by atoms with Crippen molar-refractivity contribution in [3.05, 3.63) is 34.5 Å². The second-order valence-corrected chi connectivity index (χ2v) is 4.19. The van der Waals surface area contributed by atoms with Gasteiger partial charge < -0.3 is 5.11 Å². The van der Waals surface area contributed by atoms with Crippen LogP contribution < -0.4 is 0 Å². The highest BCUT2D eigenvalue weighted by Crippen LogP contribution is 2.31. The van der Waals surface area contributed by atoms with E-state index in [9.17, 15) is 4.39 Å². The molecule has 2 aromatic rings. The third kappa shape index (κ3) is 1.34. The van der Waals surface area contributed by atoms with Crippen LogP contribution in [0.15, 0.2) is 18.2 Å². The number of hydrogen-bond acceptors (Lipinski definition) is 2. The molecule has 1 aromatic carbocycles. The largest absolute Gasteiger partial charge is 0.392 e. The van der Waals surface area contributed by atoms with E-state index in [1.807, 2.05) is 6.92 Å². The number of fused-ring (bicyclic) bond motifs is 1. The molecule has 1 nitrogen and oxygen atoms in total. The summed E-state index contributed by atoms with van der Waals surface area (Å²) in [5, 5.41) is 9.92. The number of aliphatic hydroxyl groups excluding tert-OH is 1. The van der Waals surface area contributed by atoms with Gasteiger partial charge in [-0.2, -0.15) is 0 Å². The first kappa shape index (κ1) is 8.66. The first-order chi connectivity index (χ1) is 6.22. The first-order valence-electron chi connectivity index (χ1n) is 4.01. The molecule has 2 rings (SSSR count). The Balaban J connectivity index is 2.80. The van der Waals surface area contributed by atoms with Gasteiger partial charge in [0.05, 0.1) is 6.61 Å². The molecule has 13 heavy (non-hydrogen) atoms. The van der Waals surface area contributed by atoms with Gasteiger partial charge in [-0.05, 0) is 30.7 Å². The molecular formula is C10H9FOS. The van der Waals surface area contributed by atoms with Crippen LogP contribution in [-0.2, 0) is 6.61 Å². The van der Waals surface area contributed by atoms with Gasteiger partial charge in [0.15, 0.2) is 0 Å². The van der Waals surface area contributed by atoms with E-state index in [1.54, 1.807) is 17.4 Å². The molecule has 3 heteroatoms. The number of rotatable bonds is 1. The van der Waals surface area contributed by atoms with Gasteiger partial charge in [0, 0.05) is 15.0 Å². The molecule has 0 fully saturated rings. The Morgan fingerprint density at radius 1 is 1.46 bits per heavy atom. The molecule has 68 valence electrons. The summed E-state index contributed by atoms with van der Waals surface area (Å²) in [6.45, 7) is 1.92. The molecule has 0 spiro atoms. The first-order valence-corrected chi connectivity index (χ1v) is 4.82. The topological polar surface area (TPSA) is 20.2 Å². The van der Waals surface area contributed by atoms with Gasteiger partial charge in [0.25, 0.3) is 0 Å². The van der Waals surface area contributed by atoms with Crippen LogP contribution in [0.2, 0.25) is 0 Å². The van der Waals surface area contributed by atoms with E-state index in [1.165, 1.54) is 12.1 Å². The molecular weight excluding hydrogens is 187 g/mol. The molecule has 0 radical (unpaired) electrons. The molecule has 0 aliphatic rings. The van der Waals surface area contributed by atoms with Crippen LogP contribution in [0.4, 0.5) is 4.39 Å². The zero-order valence-electron chi connectivity index (χ0n) is 7.17. The quantitative estimate of drug-likeness (QED) is 0.743. The number of benzene rings is 1. The maximum Gasteiger partial charge on any atom is 0.123 e. The summed E-state index contributed by atoms with van der Waals surface area (Å²) in [6.07, 6.45) is 0. The van der Waals surface area contributed by atoms with Crippen molar-refractivity contribution in [3.63, 3.8) is 0 Å². The molecule has 0 saturated carbocycles. The van der Waals surface area contributed by atoms with E-state index < -0.39 is 0 Å². The summed E-state index contributed by atoms with van der Waals surface area (Å²) in [7, 11) is 0. The Labute approximate surface area is 79.4 Å². The van der Waals surface area contributed by atoms with Crippen LogP contribution in [0.3, 0.4) is 0 Å². The number of halogens is 1. The Hall–Kier alpha value is -0.930. The Morgan fingerprint density at radius 3 is 2.92 bits per heavy atom. The fourth-order valence-electron chi connectivity index (χ4n) is 1.44. The van der Waals surface area contributed by atoms with Crippen molar-refractivity contribution in [3.8, 4) is 0 Å². The highest BCUT2D eigenvalue weighted by molar-refractivity contribution is 7.19. The molecule has 0 atom stereocenters. The zero-order valence-corrected chi connectivity index (χ0v) is 7.99. The Morgan fingerprint density at radius 2 is 2.23 bits per heavy atom. The lowest BCUT2D eigenvalue weighted by Gasteiger charge is -1.94. The van der Waals surface area contributed by atoms with Crippen molar-refractivity contribution in [2.24, 2.45) is 0 Å². The molecule has 0 amide bonds. The van der Waals surface area contributed by atoms with Gasteiger partial charge in [0.1, 0.15) is 5.82 Å². The Kier molecular flexibility index (Phi) is 2.06. The normalized spacial score (nSPS) is 11.0. The van der Waals surface area contributed by atoms with Crippen molar-refractivity contribution in [1.29, 1.82) is 0 Å². The second-order valence-electron chi connectivity index (χ2n) is 2.94. The van der Waals surface area contributed by atoms with E-state index >= 15 is 0 Å². The predicted octanol–water partition coefficient (Wildman–Crippen LogP) is 2.84. The maximum absolute atomic E-state index is 12.9. The molecule has 0 saturated heterocycles.